The summed E-state index contributed by atoms with van der Waals surface area (Å²) in [5, 5.41) is 11.5. The minimum absolute atomic E-state index is 0.0607. The number of benzene rings is 1. The molecule has 2 rings (SSSR count). The molecule has 1 aromatic heterocycles. The average molecular weight is 280 g/mol. The molecule has 2 N–H and O–H groups in total. The molecule has 0 atom stereocenters. The number of pyridine rings is 1. The molecule has 1 amide bonds. The fraction of sp³-hybridized carbons (Fsp3) is 0.176. The topological polar surface area (TPSA) is 62.2 Å². The van der Waals surface area contributed by atoms with Crippen molar-refractivity contribution in [2.75, 3.05) is 11.9 Å². The van der Waals surface area contributed by atoms with E-state index >= 15 is 0 Å². The number of nitrogens with one attached hydrogen (secondary N) is 1. The summed E-state index contributed by atoms with van der Waals surface area (Å²) in [4.78, 5) is 16.0. The molecular formula is C17H16N2O2. The highest BCUT2D eigenvalue weighted by Crippen LogP contribution is 2.17. The number of carbonyl (C=O) groups excluding carboxylic acids is 1. The largest absolute Gasteiger partial charge is 0.395 e. The predicted octanol–water partition coefficient (Wildman–Crippen LogP) is 2.38. The molecule has 0 saturated heterocycles. The highest BCUT2D eigenvalue weighted by atomic mass is 16.2. The van der Waals surface area contributed by atoms with E-state index in [-0.39, 0.29) is 12.5 Å². The van der Waals surface area contributed by atoms with Crippen LogP contribution in [-0.4, -0.2) is 22.6 Å². The third kappa shape index (κ3) is 4.16. The van der Waals surface area contributed by atoms with Crippen LogP contribution in [0.4, 0.5) is 5.69 Å². The molecule has 21 heavy (non-hydrogen) atoms. The van der Waals surface area contributed by atoms with Crippen molar-refractivity contribution < 1.29 is 9.90 Å². The van der Waals surface area contributed by atoms with Crippen LogP contribution in [0.1, 0.15) is 27.9 Å². The van der Waals surface area contributed by atoms with E-state index in [1.54, 1.807) is 18.3 Å². The van der Waals surface area contributed by atoms with Gasteiger partial charge in [-0.3, -0.25) is 9.78 Å². The average Bonchev–Trinajstić information content (AvgIpc) is 2.51. The van der Waals surface area contributed by atoms with Crippen molar-refractivity contribution in [3.63, 3.8) is 0 Å². The second-order valence-electron chi connectivity index (χ2n) is 4.50. The third-order valence-corrected chi connectivity index (χ3v) is 2.87. The first kappa shape index (κ1) is 14.8. The number of aliphatic hydroxyl groups excluding tert-OH is 1. The Morgan fingerprint density at radius 3 is 2.90 bits per heavy atom. The molecule has 1 aromatic carbocycles. The number of carbonyl (C=O) groups is 1. The summed E-state index contributed by atoms with van der Waals surface area (Å²) < 4.78 is 0. The van der Waals surface area contributed by atoms with Gasteiger partial charge in [0.2, 0.25) is 0 Å². The van der Waals surface area contributed by atoms with E-state index in [0.29, 0.717) is 12.0 Å². The lowest BCUT2D eigenvalue weighted by Gasteiger charge is -2.08. The Balaban J connectivity index is 2.12. The van der Waals surface area contributed by atoms with Crippen LogP contribution in [-0.2, 0) is 0 Å². The van der Waals surface area contributed by atoms with Crippen LogP contribution in [0, 0.1) is 18.8 Å². The number of hydrogen-bond acceptors (Lipinski definition) is 3. The molecule has 0 bridgehead atoms. The Bertz CT molecular complexity index is 685. The summed E-state index contributed by atoms with van der Waals surface area (Å²) in [6.45, 7) is 1.97. The number of amides is 1. The first-order valence-corrected chi connectivity index (χ1v) is 6.62. The van der Waals surface area contributed by atoms with Gasteiger partial charge >= 0.3 is 0 Å². The zero-order valence-electron chi connectivity index (χ0n) is 11.8. The molecule has 1 heterocycles. The Kier molecular flexibility index (Phi) is 5.08. The Morgan fingerprint density at radius 2 is 2.24 bits per heavy atom. The van der Waals surface area contributed by atoms with E-state index in [4.69, 9.17) is 5.11 Å². The van der Waals surface area contributed by atoms with Crippen LogP contribution in [0.25, 0.3) is 0 Å². The number of nitrogens with zero attached hydrogens (tertiary/aromatic N) is 1. The van der Waals surface area contributed by atoms with Crippen molar-refractivity contribution in [1.82, 2.24) is 4.98 Å². The number of anilines is 1. The highest BCUT2D eigenvalue weighted by Gasteiger charge is 2.07. The summed E-state index contributed by atoms with van der Waals surface area (Å²) in [6.07, 6.45) is 3.61. The van der Waals surface area contributed by atoms with E-state index in [2.05, 4.69) is 22.1 Å². The van der Waals surface area contributed by atoms with Gasteiger partial charge in [0, 0.05) is 30.1 Å². The second kappa shape index (κ2) is 7.22. The lowest BCUT2D eigenvalue weighted by atomic mass is 10.1. The minimum atomic E-state index is -0.190. The van der Waals surface area contributed by atoms with Crippen LogP contribution in [0.2, 0.25) is 0 Å². The number of aryl methyl sites for hydroxylation is 1. The highest BCUT2D eigenvalue weighted by molar-refractivity contribution is 6.04. The molecule has 0 unspecified atom stereocenters. The molecule has 0 aliphatic rings. The van der Waals surface area contributed by atoms with Gasteiger partial charge in [-0.25, -0.2) is 0 Å². The van der Waals surface area contributed by atoms with Gasteiger partial charge in [-0.1, -0.05) is 11.8 Å². The smallest absolute Gasteiger partial charge is 0.257 e. The fourth-order valence-electron chi connectivity index (χ4n) is 1.79. The lowest BCUT2D eigenvalue weighted by molar-refractivity contribution is 0.102. The van der Waals surface area contributed by atoms with Crippen LogP contribution in [0.5, 0.6) is 0 Å². The number of hydrogen-bond donors (Lipinski definition) is 2. The molecule has 0 radical (unpaired) electrons. The molecule has 0 fully saturated rings. The molecule has 2 aromatic rings. The monoisotopic (exact) mass is 280 g/mol. The van der Waals surface area contributed by atoms with Gasteiger partial charge < -0.3 is 10.4 Å². The standard InChI is InChI=1S/C17H16N2O2/c1-13-11-14(5-2-3-10-20)7-8-16(13)19-17(21)15-6-4-9-18-12-15/h4,6-9,11-12,20H,3,10H2,1H3,(H,19,21). The molecule has 4 heteroatoms. The van der Waals surface area contributed by atoms with Crippen LogP contribution in [0.3, 0.4) is 0 Å². The van der Waals surface area contributed by atoms with Gasteiger partial charge in [-0.15, -0.1) is 0 Å². The number of aliphatic hydroxyl groups is 1. The first-order chi connectivity index (χ1) is 10.2. The van der Waals surface area contributed by atoms with Gasteiger partial charge in [-0.05, 0) is 42.8 Å². The maximum absolute atomic E-state index is 12.1. The molecule has 0 spiro atoms. The summed E-state index contributed by atoms with van der Waals surface area (Å²) in [6, 6.07) is 9.01. The van der Waals surface area contributed by atoms with Gasteiger partial charge in [-0.2, -0.15) is 0 Å². The predicted molar refractivity (Wildman–Crippen MR) is 82.0 cm³/mol. The fourth-order valence-corrected chi connectivity index (χ4v) is 1.79. The normalized spacial score (nSPS) is 9.62. The van der Waals surface area contributed by atoms with Gasteiger partial charge in [0.1, 0.15) is 0 Å². The first-order valence-electron chi connectivity index (χ1n) is 6.62. The Hall–Kier alpha value is -2.64. The van der Waals surface area contributed by atoms with Crippen molar-refractivity contribution in [3.05, 3.63) is 59.4 Å². The summed E-state index contributed by atoms with van der Waals surface area (Å²) in [7, 11) is 0. The summed E-state index contributed by atoms with van der Waals surface area (Å²) in [5.41, 5.74) is 3.06. The van der Waals surface area contributed by atoms with Gasteiger partial charge in [0.25, 0.3) is 5.91 Å². The minimum Gasteiger partial charge on any atom is -0.395 e. The van der Waals surface area contributed by atoms with Gasteiger partial charge in [0.15, 0.2) is 0 Å². The quantitative estimate of drug-likeness (QED) is 0.849. The Morgan fingerprint density at radius 1 is 1.38 bits per heavy atom. The third-order valence-electron chi connectivity index (χ3n) is 2.87. The Labute approximate surface area is 123 Å². The maximum Gasteiger partial charge on any atom is 0.257 e. The van der Waals surface area contributed by atoms with E-state index in [0.717, 1.165) is 16.8 Å². The molecule has 4 nitrogen and oxygen atoms in total. The van der Waals surface area contributed by atoms with E-state index in [1.165, 1.54) is 6.20 Å². The summed E-state index contributed by atoms with van der Waals surface area (Å²) in [5.74, 6) is 5.65. The van der Waals surface area contributed by atoms with Crippen LogP contribution in [0.15, 0.2) is 42.7 Å². The van der Waals surface area contributed by atoms with E-state index in [1.807, 2.05) is 25.1 Å². The van der Waals surface area contributed by atoms with Crippen LogP contribution < -0.4 is 5.32 Å². The molecule has 0 saturated carbocycles. The van der Waals surface area contributed by atoms with Gasteiger partial charge in [0.05, 0.1) is 12.2 Å². The van der Waals surface area contributed by atoms with Crippen molar-refractivity contribution in [1.29, 1.82) is 0 Å². The second-order valence-corrected chi connectivity index (χ2v) is 4.50. The number of rotatable bonds is 3. The lowest BCUT2D eigenvalue weighted by Crippen LogP contribution is -2.12. The van der Waals surface area contributed by atoms with Crippen molar-refractivity contribution in [3.8, 4) is 11.8 Å². The molecule has 106 valence electrons. The summed E-state index contributed by atoms with van der Waals surface area (Å²) >= 11 is 0. The number of aromatic nitrogens is 1. The van der Waals surface area contributed by atoms with Crippen LogP contribution >= 0.6 is 0 Å². The molecule has 0 aliphatic heterocycles. The SMILES string of the molecule is Cc1cc(C#CCCO)ccc1NC(=O)c1cccnc1. The van der Waals surface area contributed by atoms with E-state index < -0.39 is 0 Å². The van der Waals surface area contributed by atoms with E-state index in [9.17, 15) is 4.79 Å². The van der Waals surface area contributed by atoms with Crippen molar-refractivity contribution in [2.45, 2.75) is 13.3 Å². The van der Waals surface area contributed by atoms with Crippen molar-refractivity contribution >= 4 is 11.6 Å². The molecular weight excluding hydrogens is 264 g/mol. The maximum atomic E-state index is 12.1. The zero-order valence-corrected chi connectivity index (χ0v) is 11.8. The zero-order chi connectivity index (χ0) is 15.1. The van der Waals surface area contributed by atoms with Crippen molar-refractivity contribution in [2.24, 2.45) is 0 Å². The molecule has 0 aliphatic carbocycles.